The smallest absolute Gasteiger partial charge is 0.282 e. The molecule has 2 aliphatic heterocycles. The first-order valence-electron chi connectivity index (χ1n) is 8.15. The van der Waals surface area contributed by atoms with E-state index < -0.39 is 10.2 Å². The van der Waals surface area contributed by atoms with E-state index in [0.29, 0.717) is 52.4 Å². The van der Waals surface area contributed by atoms with Crippen LogP contribution in [0, 0.1) is 5.92 Å². The maximum atomic E-state index is 12.7. The second-order valence-electron chi connectivity index (χ2n) is 5.85. The van der Waals surface area contributed by atoms with E-state index in [2.05, 4.69) is 5.32 Å². The molecule has 0 unspecified atom stereocenters. The Morgan fingerprint density at radius 1 is 1.26 bits per heavy atom. The molecule has 23 heavy (non-hydrogen) atoms. The number of nitrogens with zero attached hydrogens (tertiary/aromatic N) is 2. The first kappa shape index (κ1) is 18.6. The van der Waals surface area contributed by atoms with Crippen LogP contribution in [0.2, 0.25) is 0 Å². The number of amides is 1. The minimum Gasteiger partial charge on any atom is -0.385 e. The number of nitrogens with one attached hydrogen (secondary N) is 1. The van der Waals surface area contributed by atoms with Crippen molar-refractivity contribution in [1.29, 1.82) is 0 Å². The summed E-state index contributed by atoms with van der Waals surface area (Å²) in [5, 5.41) is 2.86. The van der Waals surface area contributed by atoms with Crippen LogP contribution in [-0.2, 0) is 24.5 Å². The molecule has 2 heterocycles. The zero-order chi connectivity index (χ0) is 16.7. The van der Waals surface area contributed by atoms with Gasteiger partial charge in [-0.15, -0.1) is 0 Å². The van der Waals surface area contributed by atoms with E-state index in [1.807, 2.05) is 0 Å². The van der Waals surface area contributed by atoms with Gasteiger partial charge in [0, 0.05) is 46.4 Å². The Morgan fingerprint density at radius 3 is 2.70 bits per heavy atom. The predicted molar refractivity (Wildman–Crippen MR) is 85.1 cm³/mol. The largest absolute Gasteiger partial charge is 0.385 e. The topological polar surface area (TPSA) is 88.2 Å². The monoisotopic (exact) mass is 349 g/mol. The van der Waals surface area contributed by atoms with Crippen molar-refractivity contribution in [2.45, 2.75) is 19.3 Å². The van der Waals surface area contributed by atoms with Crippen LogP contribution in [0.3, 0.4) is 0 Å². The molecule has 0 aromatic rings. The SMILES string of the molecule is COCCCNC(=O)[C@H]1CCCN(S(=O)(=O)N2CCOCC2)C1. The number of hydrogen-bond donors (Lipinski definition) is 1. The minimum atomic E-state index is -3.49. The summed E-state index contributed by atoms with van der Waals surface area (Å²) < 4.78 is 38.4. The fourth-order valence-electron chi connectivity index (χ4n) is 2.88. The standard InChI is InChI=1S/C14H27N3O5S/c1-21-9-3-5-15-14(18)13-4-2-6-17(12-13)23(19,20)16-7-10-22-11-8-16/h13H,2-12H2,1H3,(H,15,18)/t13-/m0/s1. The zero-order valence-electron chi connectivity index (χ0n) is 13.7. The molecule has 2 aliphatic rings. The summed E-state index contributed by atoms with van der Waals surface area (Å²) >= 11 is 0. The van der Waals surface area contributed by atoms with Gasteiger partial charge in [-0.3, -0.25) is 4.79 Å². The Hall–Kier alpha value is -0.740. The summed E-state index contributed by atoms with van der Waals surface area (Å²) in [7, 11) is -1.87. The maximum Gasteiger partial charge on any atom is 0.282 e. The van der Waals surface area contributed by atoms with E-state index in [4.69, 9.17) is 9.47 Å². The molecule has 9 heteroatoms. The molecule has 0 aromatic heterocycles. The lowest BCUT2D eigenvalue weighted by molar-refractivity contribution is -0.126. The quantitative estimate of drug-likeness (QED) is 0.622. The highest BCUT2D eigenvalue weighted by Crippen LogP contribution is 2.22. The summed E-state index contributed by atoms with van der Waals surface area (Å²) in [5.41, 5.74) is 0. The Bertz CT molecular complexity index is 479. The number of morpholine rings is 1. The van der Waals surface area contributed by atoms with E-state index >= 15 is 0 Å². The molecule has 8 nitrogen and oxygen atoms in total. The highest BCUT2D eigenvalue weighted by Gasteiger charge is 2.36. The Labute approximate surface area is 138 Å². The average molecular weight is 349 g/mol. The summed E-state index contributed by atoms with van der Waals surface area (Å²) in [5.74, 6) is -0.343. The van der Waals surface area contributed by atoms with E-state index in [1.165, 1.54) is 8.61 Å². The molecule has 0 bridgehead atoms. The predicted octanol–water partition coefficient (Wildman–Crippen LogP) is -0.572. The number of carbonyl (C=O) groups excluding carboxylic acids is 1. The lowest BCUT2D eigenvalue weighted by Crippen LogP contribution is -2.53. The number of rotatable bonds is 7. The number of carbonyl (C=O) groups is 1. The molecule has 2 rings (SSSR count). The lowest BCUT2D eigenvalue weighted by Gasteiger charge is -2.36. The van der Waals surface area contributed by atoms with Crippen molar-refractivity contribution < 1.29 is 22.7 Å². The molecule has 0 aromatic carbocycles. The van der Waals surface area contributed by atoms with Crippen molar-refractivity contribution in [2.24, 2.45) is 5.92 Å². The number of piperidine rings is 1. The van der Waals surface area contributed by atoms with Crippen molar-refractivity contribution >= 4 is 16.1 Å². The maximum absolute atomic E-state index is 12.7. The van der Waals surface area contributed by atoms with Gasteiger partial charge >= 0.3 is 0 Å². The molecule has 1 atom stereocenters. The molecule has 0 radical (unpaired) electrons. The molecule has 2 saturated heterocycles. The van der Waals surface area contributed by atoms with Gasteiger partial charge < -0.3 is 14.8 Å². The second-order valence-corrected chi connectivity index (χ2v) is 7.78. The van der Waals surface area contributed by atoms with Crippen molar-refractivity contribution in [1.82, 2.24) is 13.9 Å². The summed E-state index contributed by atoms with van der Waals surface area (Å²) in [6, 6.07) is 0. The van der Waals surface area contributed by atoms with Crippen LogP contribution < -0.4 is 5.32 Å². The van der Waals surface area contributed by atoms with Gasteiger partial charge in [0.05, 0.1) is 19.1 Å². The van der Waals surface area contributed by atoms with Crippen LogP contribution in [0.5, 0.6) is 0 Å². The Balaban J connectivity index is 1.88. The number of hydrogen-bond acceptors (Lipinski definition) is 5. The third-order valence-corrected chi connectivity index (χ3v) is 6.20. The molecule has 0 spiro atoms. The van der Waals surface area contributed by atoms with Gasteiger partial charge in [0.2, 0.25) is 5.91 Å². The van der Waals surface area contributed by atoms with Gasteiger partial charge in [-0.05, 0) is 19.3 Å². The van der Waals surface area contributed by atoms with Crippen molar-refractivity contribution in [3.05, 3.63) is 0 Å². The number of ether oxygens (including phenoxy) is 2. The zero-order valence-corrected chi connectivity index (χ0v) is 14.5. The molecule has 1 amide bonds. The average Bonchev–Trinajstić information content (AvgIpc) is 2.59. The molecule has 2 fully saturated rings. The van der Waals surface area contributed by atoms with Crippen LogP contribution in [-0.4, -0.2) is 82.6 Å². The lowest BCUT2D eigenvalue weighted by atomic mass is 9.99. The fraction of sp³-hybridized carbons (Fsp3) is 0.929. The molecule has 134 valence electrons. The van der Waals surface area contributed by atoms with Gasteiger partial charge in [-0.1, -0.05) is 0 Å². The van der Waals surface area contributed by atoms with E-state index in [9.17, 15) is 13.2 Å². The summed E-state index contributed by atoms with van der Waals surface area (Å²) in [4.78, 5) is 12.2. The van der Waals surface area contributed by atoms with Crippen molar-refractivity contribution in [3.63, 3.8) is 0 Å². The van der Waals surface area contributed by atoms with Crippen LogP contribution >= 0.6 is 0 Å². The van der Waals surface area contributed by atoms with Crippen LogP contribution in [0.1, 0.15) is 19.3 Å². The fourth-order valence-corrected chi connectivity index (χ4v) is 4.54. The Morgan fingerprint density at radius 2 is 2.00 bits per heavy atom. The van der Waals surface area contributed by atoms with Crippen molar-refractivity contribution in [3.8, 4) is 0 Å². The van der Waals surface area contributed by atoms with Gasteiger partial charge in [0.15, 0.2) is 0 Å². The van der Waals surface area contributed by atoms with Crippen LogP contribution in [0.25, 0.3) is 0 Å². The molecule has 1 N–H and O–H groups in total. The van der Waals surface area contributed by atoms with Gasteiger partial charge in [-0.25, -0.2) is 0 Å². The first-order valence-corrected chi connectivity index (χ1v) is 9.55. The number of methoxy groups -OCH3 is 1. The van der Waals surface area contributed by atoms with Gasteiger partial charge in [0.1, 0.15) is 0 Å². The van der Waals surface area contributed by atoms with Crippen LogP contribution in [0.4, 0.5) is 0 Å². The second kappa shape index (κ2) is 8.93. The van der Waals surface area contributed by atoms with E-state index in [0.717, 1.165) is 12.8 Å². The molecule has 0 aliphatic carbocycles. The van der Waals surface area contributed by atoms with Gasteiger partial charge in [-0.2, -0.15) is 17.0 Å². The molecule has 0 saturated carbocycles. The molecular formula is C14H27N3O5S. The molecular weight excluding hydrogens is 322 g/mol. The Kier molecular flexibility index (Phi) is 7.22. The van der Waals surface area contributed by atoms with Crippen molar-refractivity contribution in [2.75, 3.05) is 59.7 Å². The summed E-state index contributed by atoms with van der Waals surface area (Å²) in [6.07, 6.45) is 2.19. The van der Waals surface area contributed by atoms with E-state index in [1.54, 1.807) is 7.11 Å². The third-order valence-electron chi connectivity index (χ3n) is 4.20. The first-order chi connectivity index (χ1) is 11.1. The van der Waals surface area contributed by atoms with E-state index in [-0.39, 0.29) is 18.4 Å². The highest BCUT2D eigenvalue weighted by atomic mass is 32.2. The third kappa shape index (κ3) is 5.12. The van der Waals surface area contributed by atoms with Gasteiger partial charge in [0.25, 0.3) is 10.2 Å². The highest BCUT2D eigenvalue weighted by molar-refractivity contribution is 7.86. The summed E-state index contributed by atoms with van der Waals surface area (Å²) in [6.45, 7) is 3.51. The normalized spacial score (nSPS) is 24.5. The minimum absolute atomic E-state index is 0.0667. The van der Waals surface area contributed by atoms with Crippen LogP contribution in [0.15, 0.2) is 0 Å².